The van der Waals surface area contributed by atoms with E-state index in [0.29, 0.717) is 28.5 Å². The number of carbonyl (C=O) groups is 1. The van der Waals surface area contributed by atoms with Crippen molar-refractivity contribution >= 4 is 39.0 Å². The highest BCUT2D eigenvalue weighted by molar-refractivity contribution is 9.10. The third-order valence-corrected chi connectivity index (χ3v) is 4.11. The van der Waals surface area contributed by atoms with Gasteiger partial charge in [0.1, 0.15) is 0 Å². The maximum atomic E-state index is 12.2. The van der Waals surface area contributed by atoms with Gasteiger partial charge < -0.3 is 15.1 Å². The van der Waals surface area contributed by atoms with Crippen LogP contribution in [0.25, 0.3) is 0 Å². The van der Waals surface area contributed by atoms with Crippen molar-refractivity contribution in [2.75, 3.05) is 26.2 Å². The molecule has 1 amide bonds. The summed E-state index contributed by atoms with van der Waals surface area (Å²) < 4.78 is 5.85. The minimum atomic E-state index is -0.0756. The third-order valence-electron chi connectivity index (χ3n) is 3.34. The van der Waals surface area contributed by atoms with Gasteiger partial charge in [0, 0.05) is 26.2 Å². The molecule has 1 fully saturated rings. The van der Waals surface area contributed by atoms with Crippen LogP contribution in [0.4, 0.5) is 0 Å². The first kappa shape index (κ1) is 14.5. The van der Waals surface area contributed by atoms with Gasteiger partial charge in [0.05, 0.1) is 11.0 Å². The number of amides is 1. The molecular formula is C12H16BrN3O2S. The number of carbonyl (C=O) groups excluding carboxylic acids is 1. The normalized spacial score (nSPS) is 18.3. The van der Waals surface area contributed by atoms with Gasteiger partial charge in [-0.25, -0.2) is 0 Å². The van der Waals surface area contributed by atoms with Crippen LogP contribution in [0.3, 0.4) is 0 Å². The van der Waals surface area contributed by atoms with Crippen LogP contribution in [-0.2, 0) is 0 Å². The fourth-order valence-electron chi connectivity index (χ4n) is 2.08. The van der Waals surface area contributed by atoms with E-state index in [1.807, 2.05) is 6.92 Å². The number of halogens is 1. The van der Waals surface area contributed by atoms with Gasteiger partial charge in [-0.1, -0.05) is 12.2 Å². The van der Waals surface area contributed by atoms with Gasteiger partial charge in [-0.3, -0.25) is 9.69 Å². The van der Waals surface area contributed by atoms with Crippen molar-refractivity contribution in [3.05, 3.63) is 22.6 Å². The minimum absolute atomic E-state index is 0.0741. The Morgan fingerprint density at radius 1 is 1.42 bits per heavy atom. The second-order valence-corrected chi connectivity index (χ2v) is 5.76. The number of nitrogens with zero attached hydrogens (tertiary/aromatic N) is 2. The van der Waals surface area contributed by atoms with Gasteiger partial charge in [0.15, 0.2) is 10.4 Å². The van der Waals surface area contributed by atoms with Crippen LogP contribution in [0, 0.1) is 0 Å². The topological polar surface area (TPSA) is 62.7 Å². The Kier molecular flexibility index (Phi) is 4.59. The summed E-state index contributed by atoms with van der Waals surface area (Å²) in [6.45, 7) is 4.84. The predicted octanol–water partition coefficient (Wildman–Crippen LogP) is 1.47. The van der Waals surface area contributed by atoms with E-state index in [2.05, 4.69) is 20.8 Å². The van der Waals surface area contributed by atoms with Crippen molar-refractivity contribution in [3.8, 4) is 0 Å². The third kappa shape index (κ3) is 3.34. The SMILES string of the molecule is CC(C(N)=S)N1CCN(C(=O)c2ccc(Br)o2)CC1. The summed E-state index contributed by atoms with van der Waals surface area (Å²) in [6.07, 6.45) is 0. The van der Waals surface area contributed by atoms with Crippen LogP contribution in [-0.4, -0.2) is 52.9 Å². The highest BCUT2D eigenvalue weighted by atomic mass is 79.9. The Morgan fingerprint density at radius 2 is 2.05 bits per heavy atom. The first-order chi connectivity index (χ1) is 8.99. The number of hydrogen-bond donors (Lipinski definition) is 1. The van der Waals surface area contributed by atoms with Crippen LogP contribution in [0.5, 0.6) is 0 Å². The number of nitrogens with two attached hydrogens (primary N) is 1. The molecule has 0 spiro atoms. The fraction of sp³-hybridized carbons (Fsp3) is 0.500. The summed E-state index contributed by atoms with van der Waals surface area (Å²) in [5, 5.41) is 0. The Bertz CT molecular complexity index is 483. The van der Waals surface area contributed by atoms with Crippen LogP contribution in [0.2, 0.25) is 0 Å². The molecule has 0 bridgehead atoms. The second-order valence-electron chi connectivity index (χ2n) is 4.51. The lowest BCUT2D eigenvalue weighted by molar-refractivity contribution is 0.0590. The van der Waals surface area contributed by atoms with E-state index < -0.39 is 0 Å². The lowest BCUT2D eigenvalue weighted by Crippen LogP contribution is -2.53. The molecule has 1 atom stereocenters. The average Bonchev–Trinajstić information content (AvgIpc) is 2.84. The van der Waals surface area contributed by atoms with Crippen LogP contribution in [0.15, 0.2) is 21.2 Å². The predicted molar refractivity (Wildman–Crippen MR) is 80.1 cm³/mol. The maximum absolute atomic E-state index is 12.2. The molecule has 0 saturated carbocycles. The molecule has 2 heterocycles. The van der Waals surface area contributed by atoms with E-state index in [-0.39, 0.29) is 11.9 Å². The molecule has 7 heteroatoms. The van der Waals surface area contributed by atoms with E-state index in [4.69, 9.17) is 22.4 Å². The zero-order valence-electron chi connectivity index (χ0n) is 10.6. The highest BCUT2D eigenvalue weighted by Crippen LogP contribution is 2.17. The van der Waals surface area contributed by atoms with Crippen molar-refractivity contribution in [2.24, 2.45) is 5.73 Å². The van der Waals surface area contributed by atoms with Crippen molar-refractivity contribution in [1.29, 1.82) is 0 Å². The van der Waals surface area contributed by atoms with Crippen molar-refractivity contribution in [3.63, 3.8) is 0 Å². The molecule has 19 heavy (non-hydrogen) atoms. The lowest BCUT2D eigenvalue weighted by atomic mass is 10.2. The monoisotopic (exact) mass is 345 g/mol. The lowest BCUT2D eigenvalue weighted by Gasteiger charge is -2.37. The van der Waals surface area contributed by atoms with Gasteiger partial charge in [-0.05, 0) is 35.0 Å². The molecule has 5 nitrogen and oxygen atoms in total. The molecule has 1 unspecified atom stereocenters. The second kappa shape index (κ2) is 6.02. The zero-order chi connectivity index (χ0) is 14.0. The van der Waals surface area contributed by atoms with Crippen molar-refractivity contribution in [2.45, 2.75) is 13.0 Å². The van der Waals surface area contributed by atoms with Gasteiger partial charge >= 0.3 is 0 Å². The molecule has 1 aromatic heterocycles. The number of thiocarbonyl (C=S) groups is 1. The molecule has 0 aliphatic carbocycles. The molecule has 104 valence electrons. The molecule has 1 saturated heterocycles. The standard InChI is InChI=1S/C12H16BrN3O2S/c1-8(11(14)19)15-4-6-16(7-5-15)12(17)9-2-3-10(13)18-9/h2-3,8H,4-7H2,1H3,(H2,14,19). The summed E-state index contributed by atoms with van der Waals surface area (Å²) in [5.41, 5.74) is 5.64. The van der Waals surface area contributed by atoms with Crippen molar-refractivity contribution < 1.29 is 9.21 Å². The Labute approximate surface area is 125 Å². The molecule has 1 aliphatic heterocycles. The van der Waals surface area contributed by atoms with Gasteiger partial charge in [0.25, 0.3) is 5.91 Å². The summed E-state index contributed by atoms with van der Waals surface area (Å²) in [4.78, 5) is 16.6. The quantitative estimate of drug-likeness (QED) is 0.840. The summed E-state index contributed by atoms with van der Waals surface area (Å²) in [7, 11) is 0. The molecule has 0 aromatic carbocycles. The fourth-order valence-corrected chi connectivity index (χ4v) is 2.53. The molecule has 1 aliphatic rings. The Hall–Kier alpha value is -0.920. The van der Waals surface area contributed by atoms with Crippen LogP contribution >= 0.6 is 28.1 Å². The van der Waals surface area contributed by atoms with Gasteiger partial charge in [-0.15, -0.1) is 0 Å². The van der Waals surface area contributed by atoms with E-state index in [1.165, 1.54) is 0 Å². The highest BCUT2D eigenvalue weighted by Gasteiger charge is 2.26. The molecule has 2 rings (SSSR count). The Morgan fingerprint density at radius 3 is 2.53 bits per heavy atom. The minimum Gasteiger partial charge on any atom is -0.444 e. The van der Waals surface area contributed by atoms with Crippen LogP contribution in [0.1, 0.15) is 17.5 Å². The number of piperazine rings is 1. The number of furan rings is 1. The summed E-state index contributed by atoms with van der Waals surface area (Å²) in [5.74, 6) is 0.288. The average molecular weight is 346 g/mol. The molecule has 0 radical (unpaired) electrons. The van der Waals surface area contributed by atoms with Gasteiger partial charge in [0.2, 0.25) is 0 Å². The first-order valence-corrected chi connectivity index (χ1v) is 7.27. The molecular weight excluding hydrogens is 330 g/mol. The summed E-state index contributed by atoms with van der Waals surface area (Å²) >= 11 is 8.19. The first-order valence-electron chi connectivity index (χ1n) is 6.07. The zero-order valence-corrected chi connectivity index (χ0v) is 13.0. The van der Waals surface area contributed by atoms with E-state index in [0.717, 1.165) is 13.1 Å². The Balaban J connectivity index is 1.93. The van der Waals surface area contributed by atoms with E-state index in [1.54, 1.807) is 17.0 Å². The van der Waals surface area contributed by atoms with E-state index in [9.17, 15) is 4.79 Å². The molecule has 1 aromatic rings. The van der Waals surface area contributed by atoms with Crippen LogP contribution < -0.4 is 5.73 Å². The number of rotatable bonds is 3. The number of hydrogen-bond acceptors (Lipinski definition) is 4. The van der Waals surface area contributed by atoms with Crippen molar-refractivity contribution in [1.82, 2.24) is 9.80 Å². The van der Waals surface area contributed by atoms with E-state index >= 15 is 0 Å². The smallest absolute Gasteiger partial charge is 0.289 e. The largest absolute Gasteiger partial charge is 0.444 e. The summed E-state index contributed by atoms with van der Waals surface area (Å²) in [6, 6.07) is 3.47. The maximum Gasteiger partial charge on any atom is 0.289 e. The van der Waals surface area contributed by atoms with Gasteiger partial charge in [-0.2, -0.15) is 0 Å². The molecule has 2 N–H and O–H groups in total.